The van der Waals surface area contributed by atoms with Gasteiger partial charge in [-0.2, -0.15) is 0 Å². The average Bonchev–Trinajstić information content (AvgIpc) is 3.08. The van der Waals surface area contributed by atoms with Gasteiger partial charge in [-0.3, -0.25) is 4.79 Å². The maximum Gasteiger partial charge on any atom is 0.273 e. The zero-order chi connectivity index (χ0) is 14.6. The first-order valence-electron chi connectivity index (χ1n) is 6.43. The van der Waals surface area contributed by atoms with E-state index in [1.807, 2.05) is 18.4 Å². The summed E-state index contributed by atoms with van der Waals surface area (Å²) < 4.78 is 0. The third kappa shape index (κ3) is 1.91. The van der Waals surface area contributed by atoms with Crippen LogP contribution in [0.15, 0.2) is 45.4 Å². The molecule has 0 bridgehead atoms. The maximum absolute atomic E-state index is 11.5. The number of nitrogens with zero attached hydrogens (tertiary/aromatic N) is 2. The predicted octanol–water partition coefficient (Wildman–Crippen LogP) is 4.09. The van der Waals surface area contributed by atoms with Crippen LogP contribution < -0.4 is 0 Å². The number of hydrogen-bond acceptors (Lipinski definition) is 5. The molecule has 104 valence electrons. The molecule has 2 aromatic rings. The van der Waals surface area contributed by atoms with Gasteiger partial charge in [0.05, 0.1) is 5.71 Å². The van der Waals surface area contributed by atoms with E-state index >= 15 is 0 Å². The van der Waals surface area contributed by atoms with Crippen LogP contribution in [0.3, 0.4) is 0 Å². The molecule has 1 N–H and O–H groups in total. The van der Waals surface area contributed by atoms with Crippen molar-refractivity contribution in [3.05, 3.63) is 41.0 Å². The number of aliphatic hydroxyl groups excluding tert-OH is 1. The third-order valence-electron chi connectivity index (χ3n) is 3.57. The number of aliphatic imine (C=N–C) groups is 2. The molecule has 0 spiro atoms. The Kier molecular flexibility index (Phi) is 2.70. The van der Waals surface area contributed by atoms with Crippen LogP contribution in [0.1, 0.15) is 18.4 Å². The summed E-state index contributed by atoms with van der Waals surface area (Å²) in [5.74, 6) is -0.559. The van der Waals surface area contributed by atoms with Crippen molar-refractivity contribution in [2.24, 2.45) is 9.98 Å². The van der Waals surface area contributed by atoms with Gasteiger partial charge in [0.2, 0.25) is 0 Å². The number of allylic oxidation sites excluding steroid dienone is 1. The normalized spacial score (nSPS) is 20.3. The van der Waals surface area contributed by atoms with E-state index in [0.29, 0.717) is 11.4 Å². The average molecular weight is 314 g/mol. The smallest absolute Gasteiger partial charge is 0.273 e. The Morgan fingerprint density at radius 3 is 2.90 bits per heavy atom. The lowest BCUT2D eigenvalue weighted by molar-refractivity contribution is -0.113. The van der Waals surface area contributed by atoms with Crippen molar-refractivity contribution >= 4 is 45.0 Å². The largest absolute Gasteiger partial charge is 0.505 e. The Morgan fingerprint density at radius 2 is 2.14 bits per heavy atom. The minimum Gasteiger partial charge on any atom is -0.505 e. The van der Waals surface area contributed by atoms with Crippen LogP contribution in [-0.4, -0.2) is 22.4 Å². The molecule has 21 heavy (non-hydrogen) atoms. The molecular formula is C15H10N2O2S2. The van der Waals surface area contributed by atoms with Gasteiger partial charge in [-0.05, 0) is 23.1 Å². The molecule has 4 nitrogen and oxygen atoms in total. The molecule has 0 radical (unpaired) electrons. The molecule has 0 saturated heterocycles. The molecule has 4 heterocycles. The zero-order valence-corrected chi connectivity index (χ0v) is 12.7. The summed E-state index contributed by atoms with van der Waals surface area (Å²) in [5.41, 5.74) is 2.05. The van der Waals surface area contributed by atoms with Crippen LogP contribution in [0.4, 0.5) is 5.00 Å². The van der Waals surface area contributed by atoms with Crippen molar-refractivity contribution in [2.75, 3.05) is 0 Å². The van der Waals surface area contributed by atoms with Gasteiger partial charge in [0, 0.05) is 21.7 Å². The highest BCUT2D eigenvalue weighted by atomic mass is 32.1. The van der Waals surface area contributed by atoms with E-state index in [1.165, 1.54) is 4.88 Å². The lowest BCUT2D eigenvalue weighted by Crippen LogP contribution is -2.29. The van der Waals surface area contributed by atoms with Gasteiger partial charge >= 0.3 is 0 Å². The van der Waals surface area contributed by atoms with Gasteiger partial charge < -0.3 is 5.11 Å². The Morgan fingerprint density at radius 1 is 1.29 bits per heavy atom. The Hall–Kier alpha value is -2.05. The summed E-state index contributed by atoms with van der Waals surface area (Å²) in [4.78, 5) is 22.4. The Labute approximate surface area is 128 Å². The predicted molar refractivity (Wildman–Crippen MR) is 86.3 cm³/mol. The summed E-state index contributed by atoms with van der Waals surface area (Å²) in [5, 5.41) is 12.9. The fourth-order valence-electron chi connectivity index (χ4n) is 2.52. The summed E-state index contributed by atoms with van der Waals surface area (Å²) in [6.07, 6.45) is 1.12. The van der Waals surface area contributed by atoms with Crippen LogP contribution in [0.25, 0.3) is 9.75 Å². The van der Waals surface area contributed by atoms with Crippen molar-refractivity contribution < 1.29 is 9.90 Å². The molecule has 6 heteroatoms. The number of amides is 1. The second kappa shape index (κ2) is 4.47. The number of rotatable bonds is 1. The lowest BCUT2D eigenvalue weighted by Gasteiger charge is -2.22. The zero-order valence-electron chi connectivity index (χ0n) is 11.0. The van der Waals surface area contributed by atoms with E-state index in [4.69, 9.17) is 0 Å². The monoisotopic (exact) mass is 314 g/mol. The number of carbonyl (C=O) groups is 1. The van der Waals surface area contributed by atoms with Crippen molar-refractivity contribution in [3.8, 4) is 9.75 Å². The number of aliphatic hydroxyl groups is 1. The summed E-state index contributed by atoms with van der Waals surface area (Å²) in [6, 6.07) is 6.20. The number of thiophene rings is 2. The van der Waals surface area contributed by atoms with Crippen LogP contribution >= 0.6 is 22.7 Å². The molecule has 1 atom stereocenters. The lowest BCUT2D eigenvalue weighted by atomic mass is 9.90. The van der Waals surface area contributed by atoms with E-state index in [1.54, 1.807) is 22.7 Å². The molecule has 0 aliphatic carbocycles. The van der Waals surface area contributed by atoms with Gasteiger partial charge in [0.1, 0.15) is 16.5 Å². The summed E-state index contributed by atoms with van der Waals surface area (Å²) >= 11 is 3.28. The molecule has 0 fully saturated rings. The van der Waals surface area contributed by atoms with Gasteiger partial charge in [-0.25, -0.2) is 9.98 Å². The fourth-order valence-corrected chi connectivity index (χ4v) is 4.48. The topological polar surface area (TPSA) is 62.0 Å². The highest BCUT2D eigenvalue weighted by Crippen LogP contribution is 2.45. The minimum absolute atomic E-state index is 0.0442. The Balaban J connectivity index is 1.88. The number of carbonyl (C=O) groups excluding carboxylic acids is 1. The van der Waals surface area contributed by atoms with Crippen molar-refractivity contribution in [3.63, 3.8) is 0 Å². The molecule has 2 aromatic heterocycles. The quantitative estimate of drug-likeness (QED) is 0.861. The van der Waals surface area contributed by atoms with Gasteiger partial charge in [0.25, 0.3) is 5.91 Å². The molecule has 2 aliphatic heterocycles. The van der Waals surface area contributed by atoms with Crippen molar-refractivity contribution in [1.29, 1.82) is 0 Å². The second-order valence-electron chi connectivity index (χ2n) is 4.90. The fraction of sp³-hybridized carbons (Fsp3) is 0.133. The molecule has 0 aromatic carbocycles. The van der Waals surface area contributed by atoms with E-state index < -0.39 is 5.91 Å². The first-order valence-corrected chi connectivity index (χ1v) is 8.13. The van der Waals surface area contributed by atoms with Crippen LogP contribution in [0.5, 0.6) is 0 Å². The maximum atomic E-state index is 11.5. The van der Waals surface area contributed by atoms with Crippen LogP contribution in [-0.2, 0) is 4.79 Å². The number of fused-ring (bicyclic) bond motifs is 2. The highest BCUT2D eigenvalue weighted by Gasteiger charge is 2.33. The standard InChI is InChI=1S/C15H10N2O2S2/c1-7-8-5-11(10-3-2-4-20-10)21-15(8)17-14-9(18)6-12(19)16-13(7)14/h2-7,18H,1H3. The van der Waals surface area contributed by atoms with E-state index in [0.717, 1.165) is 21.5 Å². The van der Waals surface area contributed by atoms with E-state index in [-0.39, 0.29) is 11.7 Å². The van der Waals surface area contributed by atoms with Crippen molar-refractivity contribution in [1.82, 2.24) is 0 Å². The summed E-state index contributed by atoms with van der Waals surface area (Å²) in [7, 11) is 0. The molecule has 1 unspecified atom stereocenters. The van der Waals surface area contributed by atoms with Gasteiger partial charge in [-0.1, -0.05) is 13.0 Å². The summed E-state index contributed by atoms with van der Waals surface area (Å²) in [6.45, 7) is 1.99. The van der Waals surface area contributed by atoms with Crippen LogP contribution in [0.2, 0.25) is 0 Å². The van der Waals surface area contributed by atoms with Gasteiger partial charge in [0.15, 0.2) is 0 Å². The van der Waals surface area contributed by atoms with E-state index in [9.17, 15) is 9.90 Å². The SMILES string of the molecule is CC1C2=NC(=O)C=C(O)C2=Nc2sc(-c3cccs3)cc21. The first kappa shape index (κ1) is 12.7. The second-order valence-corrected chi connectivity index (χ2v) is 6.87. The number of dihydropyridines is 1. The Bertz CT molecular complexity index is 841. The molecule has 4 rings (SSSR count). The van der Waals surface area contributed by atoms with E-state index in [2.05, 4.69) is 22.1 Å². The first-order chi connectivity index (χ1) is 10.1. The minimum atomic E-state index is -0.426. The van der Waals surface area contributed by atoms with Crippen molar-refractivity contribution in [2.45, 2.75) is 12.8 Å². The molecule has 2 aliphatic rings. The van der Waals surface area contributed by atoms with Gasteiger partial charge in [-0.15, -0.1) is 22.7 Å². The number of hydrogen-bond donors (Lipinski definition) is 1. The van der Waals surface area contributed by atoms with Crippen LogP contribution in [0, 0.1) is 0 Å². The molecule has 0 saturated carbocycles. The molecule has 1 amide bonds. The highest BCUT2D eigenvalue weighted by molar-refractivity contribution is 7.23. The molecular weight excluding hydrogens is 304 g/mol. The third-order valence-corrected chi connectivity index (χ3v) is 5.68.